The maximum Gasteiger partial charge on any atom is 0.321 e. The standard InChI is InChI=1S/C27H28N4O2/c1-19-24-17-28-18-31(24)23(26(19)21-8-4-2-5-9-21)16-25(32)20-12-14-30(15-13-20)27(33)29-22-10-6-3-7-11-22/h2-11,17-18,20,23H,12-16H2,1H3,(H,29,33). The van der Waals surface area contributed by atoms with Crippen molar-refractivity contribution in [2.75, 3.05) is 18.4 Å². The summed E-state index contributed by atoms with van der Waals surface area (Å²) >= 11 is 0. The molecule has 1 aromatic heterocycles. The molecule has 168 valence electrons. The summed E-state index contributed by atoms with van der Waals surface area (Å²) in [4.78, 5) is 32.1. The molecule has 2 aromatic carbocycles. The number of piperidine rings is 1. The van der Waals surface area contributed by atoms with Crippen LogP contribution in [0.5, 0.6) is 0 Å². The first-order valence-corrected chi connectivity index (χ1v) is 11.5. The van der Waals surface area contributed by atoms with Crippen molar-refractivity contribution in [3.63, 3.8) is 0 Å². The summed E-state index contributed by atoms with van der Waals surface area (Å²) in [6.45, 7) is 3.30. The van der Waals surface area contributed by atoms with E-state index in [1.54, 1.807) is 4.90 Å². The Labute approximate surface area is 193 Å². The van der Waals surface area contributed by atoms with Crippen molar-refractivity contribution in [2.45, 2.75) is 32.2 Å². The zero-order valence-electron chi connectivity index (χ0n) is 18.8. The molecule has 2 aliphatic rings. The van der Waals surface area contributed by atoms with Crippen LogP contribution in [-0.4, -0.2) is 39.4 Å². The molecule has 1 N–H and O–H groups in total. The molecule has 5 rings (SSSR count). The van der Waals surface area contributed by atoms with Gasteiger partial charge in [0.05, 0.1) is 24.3 Å². The molecule has 3 heterocycles. The third kappa shape index (κ3) is 4.21. The number of Topliss-reactive ketones (excluding diaryl/α,β-unsaturated/α-hetero) is 1. The maximum absolute atomic E-state index is 13.4. The third-order valence-electron chi connectivity index (χ3n) is 6.87. The number of benzene rings is 2. The zero-order chi connectivity index (χ0) is 22.8. The van der Waals surface area contributed by atoms with Crippen LogP contribution in [0, 0.1) is 5.92 Å². The van der Waals surface area contributed by atoms with Gasteiger partial charge in [-0.15, -0.1) is 0 Å². The highest BCUT2D eigenvalue weighted by molar-refractivity contribution is 5.96. The lowest BCUT2D eigenvalue weighted by Crippen LogP contribution is -2.42. The number of hydrogen-bond acceptors (Lipinski definition) is 3. The van der Waals surface area contributed by atoms with Crippen molar-refractivity contribution < 1.29 is 9.59 Å². The van der Waals surface area contributed by atoms with Crippen molar-refractivity contribution >= 4 is 28.6 Å². The van der Waals surface area contributed by atoms with Crippen LogP contribution in [-0.2, 0) is 4.79 Å². The lowest BCUT2D eigenvalue weighted by atomic mass is 9.86. The number of imidazole rings is 1. The Morgan fingerprint density at radius 3 is 2.36 bits per heavy atom. The molecule has 3 aromatic rings. The lowest BCUT2D eigenvalue weighted by Gasteiger charge is -2.32. The number of hydrogen-bond donors (Lipinski definition) is 1. The van der Waals surface area contributed by atoms with Crippen LogP contribution in [0.4, 0.5) is 10.5 Å². The van der Waals surface area contributed by atoms with Gasteiger partial charge < -0.3 is 14.8 Å². The number of carbonyl (C=O) groups excluding carboxylic acids is 2. The van der Waals surface area contributed by atoms with E-state index in [4.69, 9.17) is 0 Å². The largest absolute Gasteiger partial charge is 0.324 e. The van der Waals surface area contributed by atoms with Crippen LogP contribution >= 0.6 is 0 Å². The second kappa shape index (κ2) is 9.06. The van der Waals surface area contributed by atoms with E-state index in [2.05, 4.69) is 33.9 Å². The van der Waals surface area contributed by atoms with Crippen LogP contribution < -0.4 is 5.32 Å². The molecule has 1 atom stereocenters. The highest BCUT2D eigenvalue weighted by Gasteiger charge is 2.34. The number of carbonyl (C=O) groups is 2. The molecule has 0 radical (unpaired) electrons. The average Bonchev–Trinajstić information content (AvgIpc) is 3.43. The Morgan fingerprint density at radius 1 is 1.00 bits per heavy atom. The molecule has 0 aliphatic carbocycles. The van der Waals surface area contributed by atoms with Gasteiger partial charge in [-0.25, -0.2) is 9.78 Å². The normalized spacial score (nSPS) is 18.3. The molecule has 0 bridgehead atoms. The molecular formula is C27H28N4O2. The number of ketones is 1. The summed E-state index contributed by atoms with van der Waals surface area (Å²) in [5.41, 5.74) is 5.42. The fourth-order valence-electron chi connectivity index (χ4n) is 5.08. The van der Waals surface area contributed by atoms with Crippen LogP contribution in [0.3, 0.4) is 0 Å². The number of anilines is 1. The monoisotopic (exact) mass is 440 g/mol. The summed E-state index contributed by atoms with van der Waals surface area (Å²) in [5, 5.41) is 2.94. The van der Waals surface area contributed by atoms with Crippen LogP contribution in [0.2, 0.25) is 0 Å². The second-order valence-corrected chi connectivity index (χ2v) is 8.83. The lowest BCUT2D eigenvalue weighted by molar-refractivity contribution is -0.124. The van der Waals surface area contributed by atoms with Gasteiger partial charge in [0, 0.05) is 31.1 Å². The second-order valence-electron chi connectivity index (χ2n) is 8.83. The molecule has 2 amide bonds. The number of nitrogens with one attached hydrogen (secondary N) is 1. The predicted molar refractivity (Wildman–Crippen MR) is 130 cm³/mol. The van der Waals surface area contributed by atoms with Gasteiger partial charge in [0.25, 0.3) is 0 Å². The van der Waals surface area contributed by atoms with E-state index in [1.807, 2.05) is 61.1 Å². The van der Waals surface area contributed by atoms with E-state index >= 15 is 0 Å². The average molecular weight is 441 g/mol. The van der Waals surface area contributed by atoms with Crippen molar-refractivity contribution in [2.24, 2.45) is 5.92 Å². The first-order valence-electron chi connectivity index (χ1n) is 11.5. The molecule has 0 spiro atoms. The molecule has 6 heteroatoms. The molecule has 6 nitrogen and oxygen atoms in total. The predicted octanol–water partition coefficient (Wildman–Crippen LogP) is 5.27. The van der Waals surface area contributed by atoms with Crippen molar-refractivity contribution in [1.82, 2.24) is 14.5 Å². The Kier molecular flexibility index (Phi) is 5.82. The minimum atomic E-state index is -0.101. The highest BCUT2D eigenvalue weighted by atomic mass is 16.2. The molecule has 1 fully saturated rings. The van der Waals surface area contributed by atoms with E-state index in [0.717, 1.165) is 16.9 Å². The fourth-order valence-corrected chi connectivity index (χ4v) is 5.08. The van der Waals surface area contributed by atoms with Gasteiger partial charge in [-0.2, -0.15) is 0 Å². The van der Waals surface area contributed by atoms with Gasteiger partial charge in [-0.05, 0) is 48.6 Å². The molecule has 2 aliphatic heterocycles. The first-order chi connectivity index (χ1) is 16.1. The SMILES string of the molecule is CC1=C(c2ccccc2)C(CC(=O)C2CCN(C(=O)Nc3ccccc3)CC2)n2cncc21. The van der Waals surface area contributed by atoms with Gasteiger partial charge in [0.2, 0.25) is 0 Å². The molecule has 1 saturated heterocycles. The van der Waals surface area contributed by atoms with Crippen molar-refractivity contribution in [3.05, 3.63) is 84.4 Å². The maximum atomic E-state index is 13.4. The number of nitrogens with zero attached hydrogens (tertiary/aromatic N) is 3. The third-order valence-corrected chi connectivity index (χ3v) is 6.87. The molecule has 0 saturated carbocycles. The summed E-state index contributed by atoms with van der Waals surface area (Å²) in [6, 6.07) is 19.6. The van der Waals surface area contributed by atoms with E-state index in [9.17, 15) is 9.59 Å². The summed E-state index contributed by atoms with van der Waals surface area (Å²) in [7, 11) is 0. The Hall–Kier alpha value is -3.67. The van der Waals surface area contributed by atoms with Gasteiger partial charge in [0.15, 0.2) is 0 Å². The number of likely N-dealkylation sites (tertiary alicyclic amines) is 1. The Morgan fingerprint density at radius 2 is 1.67 bits per heavy atom. The van der Waals surface area contributed by atoms with E-state index in [1.165, 1.54) is 11.1 Å². The Balaban J connectivity index is 1.24. The van der Waals surface area contributed by atoms with Gasteiger partial charge >= 0.3 is 6.03 Å². The number of allylic oxidation sites excluding steroid dienone is 2. The minimum absolute atomic E-state index is 0.0179. The Bertz CT molecular complexity index is 1180. The van der Waals surface area contributed by atoms with Gasteiger partial charge in [0.1, 0.15) is 5.78 Å². The number of aromatic nitrogens is 2. The number of amides is 2. The summed E-state index contributed by atoms with van der Waals surface area (Å²) < 4.78 is 2.14. The van der Waals surface area contributed by atoms with Gasteiger partial charge in [-0.3, -0.25) is 4.79 Å². The number of para-hydroxylation sites is 1. The fraction of sp³-hybridized carbons (Fsp3) is 0.296. The molecular weight excluding hydrogens is 412 g/mol. The van der Waals surface area contributed by atoms with E-state index < -0.39 is 0 Å². The highest BCUT2D eigenvalue weighted by Crippen LogP contribution is 2.44. The van der Waals surface area contributed by atoms with Gasteiger partial charge in [-0.1, -0.05) is 48.5 Å². The van der Waals surface area contributed by atoms with E-state index in [0.29, 0.717) is 32.4 Å². The number of urea groups is 1. The van der Waals surface area contributed by atoms with E-state index in [-0.39, 0.29) is 23.8 Å². The van der Waals surface area contributed by atoms with Crippen molar-refractivity contribution in [1.29, 1.82) is 0 Å². The minimum Gasteiger partial charge on any atom is -0.324 e. The van der Waals surface area contributed by atoms with Crippen LogP contribution in [0.15, 0.2) is 73.2 Å². The first kappa shape index (κ1) is 21.2. The number of rotatable bonds is 5. The topological polar surface area (TPSA) is 67.2 Å². The quantitative estimate of drug-likeness (QED) is 0.588. The summed E-state index contributed by atoms with van der Waals surface area (Å²) in [6.07, 6.45) is 5.57. The van der Waals surface area contributed by atoms with Crippen LogP contribution in [0.25, 0.3) is 11.1 Å². The van der Waals surface area contributed by atoms with Crippen LogP contribution in [0.1, 0.15) is 43.5 Å². The zero-order valence-corrected chi connectivity index (χ0v) is 18.8. The van der Waals surface area contributed by atoms with Crippen molar-refractivity contribution in [3.8, 4) is 0 Å². The summed E-state index contributed by atoms with van der Waals surface area (Å²) in [5.74, 6) is 0.251. The smallest absolute Gasteiger partial charge is 0.321 e. The molecule has 1 unspecified atom stereocenters. The number of fused-ring (bicyclic) bond motifs is 1. The molecule has 33 heavy (non-hydrogen) atoms.